The van der Waals surface area contributed by atoms with Gasteiger partial charge in [-0.1, -0.05) is 104 Å². The number of nitrogens with one attached hydrogen (secondary N) is 20. The van der Waals surface area contributed by atoms with Gasteiger partial charge >= 0.3 is 5.97 Å². The Morgan fingerprint density at radius 3 is 1.34 bits per heavy atom. The molecule has 0 aliphatic carbocycles. The first kappa shape index (κ1) is 122. The number of hydrogen-bond donors (Lipinski definition) is 30. The number of aliphatic hydroxyl groups excluding tert-OH is 6. The molecule has 0 radical (unpaired) electrons. The van der Waals surface area contributed by atoms with E-state index in [9.17, 15) is 136 Å². The minimum Gasteiger partial charge on any atom is -0.480 e. The molecule has 0 spiro atoms. The molecule has 54 nitrogen and oxygen atoms in total. The van der Waals surface area contributed by atoms with Gasteiger partial charge in [-0.05, 0) is 107 Å². The number of para-hydroxylation sites is 1. The Morgan fingerprint density at radius 2 is 0.836 bits per heavy atom. The van der Waals surface area contributed by atoms with Crippen LogP contribution in [0.25, 0.3) is 10.9 Å². The summed E-state index contributed by atoms with van der Waals surface area (Å²) >= 11 is 0. The Hall–Kier alpha value is -14.7. The number of carbonyl (C=O) groups is 22. The molecule has 1 aliphatic heterocycles. The lowest BCUT2D eigenvalue weighted by atomic mass is 9.99. The average Bonchev–Trinajstić information content (AvgIpc) is 1.66. The number of carboxylic acids is 1. The summed E-state index contributed by atoms with van der Waals surface area (Å²) in [5.41, 5.74) is 19.0. The second-order valence-electron chi connectivity index (χ2n) is 36.9. The molecular weight excluding hydrogens is 1920 g/mol. The highest BCUT2D eigenvalue weighted by Crippen LogP contribution is 2.23. The molecular formula is C92H139N25O29. The van der Waals surface area contributed by atoms with E-state index in [1.165, 1.54) is 45.1 Å². The number of aliphatic hydroxyl groups is 6. The van der Waals surface area contributed by atoms with E-state index in [0.717, 1.165) is 24.8 Å². The molecule has 1 fully saturated rings. The second-order valence-corrected chi connectivity index (χ2v) is 36.9. The fourth-order valence-electron chi connectivity index (χ4n) is 15.1. The molecule has 33 N–H and O–H groups in total. The first-order chi connectivity index (χ1) is 68.7. The summed E-state index contributed by atoms with van der Waals surface area (Å²) in [6.07, 6.45) is -1.56. The van der Waals surface area contributed by atoms with Crippen molar-refractivity contribution in [1.82, 2.24) is 116 Å². The quantitative estimate of drug-likeness (QED) is 0.0195. The maximum atomic E-state index is 15.0. The van der Waals surface area contributed by atoms with Crippen molar-refractivity contribution in [1.29, 1.82) is 0 Å². The number of H-pyrrole nitrogens is 2. The number of amides is 21. The van der Waals surface area contributed by atoms with Crippen LogP contribution in [0.15, 0.2) is 73.3 Å². The lowest BCUT2D eigenvalue weighted by molar-refractivity contribution is -0.143. The predicted molar refractivity (Wildman–Crippen MR) is 516 cm³/mol. The summed E-state index contributed by atoms with van der Waals surface area (Å²) in [5.74, 6) is -25.7. The number of carbonyl (C=O) groups excluding carboxylic acids is 21. The van der Waals surface area contributed by atoms with Gasteiger partial charge in [0.05, 0.1) is 76.2 Å². The van der Waals surface area contributed by atoms with Crippen LogP contribution in [0.4, 0.5) is 0 Å². The molecule has 806 valence electrons. The highest BCUT2D eigenvalue weighted by Gasteiger charge is 2.44. The van der Waals surface area contributed by atoms with E-state index < -0.39 is 328 Å². The molecule has 2 aromatic carbocycles. The van der Waals surface area contributed by atoms with Gasteiger partial charge in [0.2, 0.25) is 124 Å². The molecule has 2 aromatic heterocycles. The van der Waals surface area contributed by atoms with Crippen molar-refractivity contribution in [2.45, 2.75) is 268 Å². The van der Waals surface area contributed by atoms with Gasteiger partial charge in [-0.3, -0.25) is 101 Å². The summed E-state index contributed by atoms with van der Waals surface area (Å²) in [6, 6.07) is -13.6. The van der Waals surface area contributed by atoms with Gasteiger partial charge in [0, 0.05) is 49.1 Å². The molecule has 4 aromatic rings. The smallest absolute Gasteiger partial charge is 0.328 e. The maximum Gasteiger partial charge on any atom is 0.328 e. The highest BCUT2D eigenvalue weighted by atomic mass is 16.4. The third kappa shape index (κ3) is 39.1. The van der Waals surface area contributed by atoms with E-state index in [0.29, 0.717) is 11.1 Å². The largest absolute Gasteiger partial charge is 0.480 e. The molecule has 3 heterocycles. The Bertz CT molecular complexity index is 5190. The van der Waals surface area contributed by atoms with Gasteiger partial charge in [0.15, 0.2) is 0 Å². The average molecular weight is 2060 g/mol. The number of carboxylic acid groups (broad SMARTS) is 1. The van der Waals surface area contributed by atoms with Gasteiger partial charge in [0.25, 0.3) is 0 Å². The number of hydrogen-bond acceptors (Lipinski definition) is 30. The van der Waals surface area contributed by atoms with Crippen molar-refractivity contribution in [3.63, 3.8) is 0 Å². The molecule has 5 rings (SSSR count). The van der Waals surface area contributed by atoms with Crippen LogP contribution in [0.2, 0.25) is 0 Å². The number of aromatic amines is 2. The monoisotopic (exact) mass is 2060 g/mol. The first-order valence-corrected chi connectivity index (χ1v) is 47.3. The predicted octanol–water partition coefficient (Wildman–Crippen LogP) is -11.4. The Kier molecular flexibility index (Phi) is 49.6. The molecule has 0 unspecified atom stereocenters. The number of aromatic nitrogens is 3. The normalized spacial score (nSPS) is 16.3. The van der Waals surface area contributed by atoms with Gasteiger partial charge in [0.1, 0.15) is 103 Å². The zero-order chi connectivity index (χ0) is 109. The molecule has 21 amide bonds. The number of nitrogens with zero attached hydrogens (tertiary/aromatic N) is 2. The van der Waals surface area contributed by atoms with Crippen molar-refractivity contribution in [2.24, 2.45) is 40.9 Å². The van der Waals surface area contributed by atoms with Crippen LogP contribution in [-0.4, -0.2) is 353 Å². The van der Waals surface area contributed by atoms with Crippen LogP contribution in [0.3, 0.4) is 0 Å². The zero-order valence-electron chi connectivity index (χ0n) is 83.0. The third-order valence-electron chi connectivity index (χ3n) is 23.1. The number of likely N-dealkylation sites (tertiary alicyclic amines) is 1. The Balaban J connectivity index is 1.19. The number of fused-ring (bicyclic) bond motifs is 1. The van der Waals surface area contributed by atoms with Crippen molar-refractivity contribution >= 4 is 141 Å². The summed E-state index contributed by atoms with van der Waals surface area (Å²) in [7, 11) is 0. The van der Waals surface area contributed by atoms with E-state index in [-0.39, 0.29) is 62.6 Å². The van der Waals surface area contributed by atoms with Gasteiger partial charge in [-0.15, -0.1) is 0 Å². The van der Waals surface area contributed by atoms with Crippen molar-refractivity contribution in [3.05, 3.63) is 90.1 Å². The summed E-state index contributed by atoms with van der Waals surface area (Å²) in [6.45, 7) is 11.2. The van der Waals surface area contributed by atoms with Gasteiger partial charge < -0.3 is 164 Å². The fourth-order valence-corrected chi connectivity index (χ4v) is 15.1. The van der Waals surface area contributed by atoms with Crippen LogP contribution in [0.5, 0.6) is 0 Å². The molecule has 1 saturated heterocycles. The number of rotatable bonds is 61. The number of primary amides is 2. The lowest BCUT2D eigenvalue weighted by Gasteiger charge is -2.31. The van der Waals surface area contributed by atoms with E-state index in [2.05, 4.69) is 105 Å². The molecule has 146 heavy (non-hydrogen) atoms. The van der Waals surface area contributed by atoms with E-state index >= 15 is 4.79 Å². The summed E-state index contributed by atoms with van der Waals surface area (Å²) in [5, 5.41) is 114. The van der Waals surface area contributed by atoms with E-state index in [1.807, 2.05) is 11.4 Å². The SMILES string of the molecule is CC(C)C[C@H](NC(=O)[C@H](C)NC(=O)CNC(=O)[C@H](CO)NC(=O)[C@H](CC(N)=O)NC(=O)[C@@H](N)Cc1c[nH]c2ccccc12)C(=O)N[C@H](C(=O)N[C@@H](CO)C(=O)NCC(=O)N[C@H](C(=O)N[C@@H](Cc1c[nH]cn1)C(=O)N[C@H](C(=O)N[C@@H](Cc1ccccc1)C(=O)N1CCC[C@H]1C(=O)N[C@@H](C)C(=O)N[C@H](C(=O)N[C@@H](CC(C)C)C(=O)N[C@@H](CCC(N)=O)C(=O)N[C@@H](CO)C(=O)N[C@@H](CO)C(=O)O)C(C)C)[C@@H](C)O)C(C)C)[C@@H](C)O. The van der Waals surface area contributed by atoms with Crippen molar-refractivity contribution in [2.75, 3.05) is 46.1 Å². The molecule has 1 aliphatic rings. The van der Waals surface area contributed by atoms with Crippen LogP contribution >= 0.6 is 0 Å². The summed E-state index contributed by atoms with van der Waals surface area (Å²) < 4.78 is 0. The standard InChI is InChI=1S/C92H139N25O29/c1-42(2)27-57(81(134)103-56(24-25-67(94)124)80(133)110-64(39-120)85(138)112-65(40-121)92(145)146)106-88(141)72(45(7)8)114-76(129)47(10)102-86(139)66-23-18-26-117(66)91(144)61(29-50-19-14-13-15-20-50)108-89(142)73(48(11)122)116-84(137)59(31-52-34-96-41-100-52)107-87(140)71(44(5)6)113-70(127)36-99-79(132)63(38-119)111-90(143)74(49(12)123)115-83(136)58(28-43(3)4)104-75(128)46(9)101-69(126)35-98-78(131)62(37-118)109-82(135)60(32-68(95)125)105-77(130)54(93)30-51-33-97-55-22-17-16-21-53(51)55/h13-17,19-22,33-34,41-49,54,56-66,71-74,97,118-123H,18,23-32,35-40,93H2,1-12H3,(H2,94,124)(H2,95,125)(H,96,100)(H,98,131)(H,99,132)(H,101,126)(H,102,139)(H,103,134)(H,104,128)(H,105,130)(H,106,141)(H,107,140)(H,108,142)(H,109,135)(H,110,133)(H,111,143)(H,112,138)(H,113,127)(H,114,129)(H,115,136)(H,116,137)(H,145,146)/t46-,47-,48+,49+,54-,56-,57-,58-,59-,60-,61-,62-,63-,64-,65-,66-,71-,72-,73-,74-/m0/s1. The number of aliphatic carboxylic acids is 1. The number of benzene rings is 2. The topological polar surface area (TPSA) is 859 Å². The Morgan fingerprint density at radius 1 is 0.418 bits per heavy atom. The maximum absolute atomic E-state index is 15.0. The Labute approximate surface area is 839 Å². The minimum absolute atomic E-state index is 0.00622. The highest BCUT2D eigenvalue weighted by molar-refractivity contribution is 6.03. The molecule has 54 heteroatoms. The van der Waals surface area contributed by atoms with Crippen LogP contribution in [0.1, 0.15) is 145 Å². The van der Waals surface area contributed by atoms with Crippen molar-refractivity contribution < 1.29 is 141 Å². The summed E-state index contributed by atoms with van der Waals surface area (Å²) in [4.78, 5) is 310. The first-order valence-electron chi connectivity index (χ1n) is 47.3. The molecule has 20 atom stereocenters. The van der Waals surface area contributed by atoms with Gasteiger partial charge in [-0.25, -0.2) is 9.78 Å². The minimum atomic E-state index is -1.91. The van der Waals surface area contributed by atoms with Crippen LogP contribution in [0, 0.1) is 23.7 Å². The van der Waals surface area contributed by atoms with E-state index in [4.69, 9.17) is 17.2 Å². The number of imidazole rings is 1. The zero-order valence-corrected chi connectivity index (χ0v) is 83.0. The molecule has 0 bridgehead atoms. The van der Waals surface area contributed by atoms with E-state index in [1.54, 1.807) is 96.3 Å². The fraction of sp³-hybridized carbons (Fsp3) is 0.576. The van der Waals surface area contributed by atoms with Crippen LogP contribution in [-0.2, 0) is 125 Å². The number of nitrogens with two attached hydrogens (primary N) is 3. The third-order valence-corrected chi connectivity index (χ3v) is 23.1. The molecule has 0 saturated carbocycles. The van der Waals surface area contributed by atoms with Crippen molar-refractivity contribution in [3.8, 4) is 0 Å². The van der Waals surface area contributed by atoms with Crippen LogP contribution < -0.4 is 113 Å². The second kappa shape index (κ2) is 59.5. The van der Waals surface area contributed by atoms with Gasteiger partial charge in [-0.2, -0.15) is 0 Å². The lowest BCUT2D eigenvalue weighted by Crippen LogP contribution is -2.62.